The molecule has 20 heavy (non-hydrogen) atoms. The molecule has 1 aliphatic rings. The maximum atomic E-state index is 11.8. The Labute approximate surface area is 119 Å². The molecule has 0 saturated carbocycles. The van der Waals surface area contributed by atoms with Crippen molar-refractivity contribution in [2.24, 2.45) is 11.7 Å². The molecule has 5 heteroatoms. The normalized spacial score (nSPS) is 20.1. The number of likely N-dealkylation sites (tertiary alicyclic amines) is 1. The first-order valence-electron chi connectivity index (χ1n) is 6.86. The summed E-state index contributed by atoms with van der Waals surface area (Å²) in [5.41, 5.74) is 7.29. The lowest BCUT2D eigenvalue weighted by molar-refractivity contribution is -0.127. The minimum Gasteiger partial charge on any atom is -0.493 e. The summed E-state index contributed by atoms with van der Waals surface area (Å²) < 4.78 is 10.5. The molecular weight excluding hydrogens is 256 g/mol. The van der Waals surface area contributed by atoms with Gasteiger partial charge in [0.2, 0.25) is 5.91 Å². The Morgan fingerprint density at radius 1 is 1.35 bits per heavy atom. The van der Waals surface area contributed by atoms with Crippen LogP contribution in [0.4, 0.5) is 0 Å². The minimum atomic E-state index is -0.171. The maximum absolute atomic E-state index is 11.8. The summed E-state index contributed by atoms with van der Waals surface area (Å²) in [4.78, 5) is 13.7. The molecule has 0 spiro atoms. The third-order valence-corrected chi connectivity index (χ3v) is 3.93. The van der Waals surface area contributed by atoms with Crippen molar-refractivity contribution in [2.75, 3.05) is 27.3 Å². The third kappa shape index (κ3) is 2.72. The molecule has 1 heterocycles. The quantitative estimate of drug-likeness (QED) is 0.888. The second kappa shape index (κ2) is 6.13. The first-order chi connectivity index (χ1) is 9.60. The number of carbonyl (C=O) groups is 1. The number of nitrogens with zero attached hydrogens (tertiary/aromatic N) is 1. The molecule has 0 bridgehead atoms. The van der Waals surface area contributed by atoms with Gasteiger partial charge in [-0.15, -0.1) is 0 Å². The summed E-state index contributed by atoms with van der Waals surface area (Å²) in [6.45, 7) is 3.46. The van der Waals surface area contributed by atoms with E-state index >= 15 is 0 Å². The lowest BCUT2D eigenvalue weighted by Gasteiger charge is -2.21. The SMILES string of the molecule is CCN1CC(C(N)c2ccc(OC)c(OC)c2)CC1=O. The average molecular weight is 278 g/mol. The number of amides is 1. The number of hydrogen-bond acceptors (Lipinski definition) is 4. The van der Waals surface area contributed by atoms with Crippen molar-refractivity contribution < 1.29 is 14.3 Å². The molecule has 1 aromatic rings. The summed E-state index contributed by atoms with van der Waals surface area (Å²) in [6, 6.07) is 5.51. The fraction of sp³-hybridized carbons (Fsp3) is 0.533. The summed E-state index contributed by atoms with van der Waals surface area (Å²) in [7, 11) is 3.21. The Kier molecular flexibility index (Phi) is 4.49. The van der Waals surface area contributed by atoms with E-state index in [1.165, 1.54) is 0 Å². The van der Waals surface area contributed by atoms with Crippen LogP contribution < -0.4 is 15.2 Å². The molecule has 1 amide bonds. The predicted octanol–water partition coefficient (Wildman–Crippen LogP) is 1.57. The van der Waals surface area contributed by atoms with E-state index in [2.05, 4.69) is 0 Å². The highest BCUT2D eigenvalue weighted by molar-refractivity contribution is 5.78. The Bertz CT molecular complexity index is 490. The Balaban J connectivity index is 2.17. The zero-order valence-electron chi connectivity index (χ0n) is 12.3. The average Bonchev–Trinajstić information content (AvgIpc) is 2.86. The smallest absolute Gasteiger partial charge is 0.222 e. The monoisotopic (exact) mass is 278 g/mol. The van der Waals surface area contributed by atoms with Crippen LogP contribution in [-0.2, 0) is 4.79 Å². The van der Waals surface area contributed by atoms with Gasteiger partial charge in [-0.05, 0) is 24.6 Å². The van der Waals surface area contributed by atoms with Crippen LogP contribution >= 0.6 is 0 Å². The molecule has 0 radical (unpaired) electrons. The molecule has 5 nitrogen and oxygen atoms in total. The van der Waals surface area contributed by atoms with E-state index < -0.39 is 0 Å². The summed E-state index contributed by atoms with van der Waals surface area (Å²) >= 11 is 0. The van der Waals surface area contributed by atoms with Crippen molar-refractivity contribution in [1.29, 1.82) is 0 Å². The molecule has 1 aliphatic heterocycles. The summed E-state index contributed by atoms with van der Waals surface area (Å²) in [5.74, 6) is 1.69. The number of rotatable bonds is 5. The molecule has 110 valence electrons. The maximum Gasteiger partial charge on any atom is 0.222 e. The van der Waals surface area contributed by atoms with Gasteiger partial charge < -0.3 is 20.1 Å². The van der Waals surface area contributed by atoms with Crippen molar-refractivity contribution in [3.63, 3.8) is 0 Å². The van der Waals surface area contributed by atoms with Crippen LogP contribution in [0, 0.1) is 5.92 Å². The molecule has 0 aliphatic carbocycles. The van der Waals surface area contributed by atoms with E-state index in [0.717, 1.165) is 18.7 Å². The van der Waals surface area contributed by atoms with Gasteiger partial charge in [-0.3, -0.25) is 4.79 Å². The van der Waals surface area contributed by atoms with Gasteiger partial charge in [0.25, 0.3) is 0 Å². The second-order valence-electron chi connectivity index (χ2n) is 5.04. The van der Waals surface area contributed by atoms with Gasteiger partial charge in [0, 0.05) is 31.5 Å². The van der Waals surface area contributed by atoms with Gasteiger partial charge >= 0.3 is 0 Å². The zero-order chi connectivity index (χ0) is 14.7. The number of hydrogen-bond donors (Lipinski definition) is 1. The second-order valence-corrected chi connectivity index (χ2v) is 5.04. The van der Waals surface area contributed by atoms with E-state index in [-0.39, 0.29) is 17.9 Å². The standard InChI is InChI=1S/C15H22N2O3/c1-4-17-9-11(8-14(17)18)15(16)10-5-6-12(19-2)13(7-10)20-3/h5-7,11,15H,4,8-9,16H2,1-3H3. The first-order valence-corrected chi connectivity index (χ1v) is 6.86. The fourth-order valence-electron chi connectivity index (χ4n) is 2.68. The zero-order valence-corrected chi connectivity index (χ0v) is 12.3. The van der Waals surface area contributed by atoms with Gasteiger partial charge in [0.15, 0.2) is 11.5 Å². The van der Waals surface area contributed by atoms with Crippen LogP contribution in [0.5, 0.6) is 11.5 Å². The van der Waals surface area contributed by atoms with Crippen LogP contribution in [0.1, 0.15) is 24.9 Å². The van der Waals surface area contributed by atoms with E-state index in [1.54, 1.807) is 14.2 Å². The van der Waals surface area contributed by atoms with Gasteiger partial charge in [0.05, 0.1) is 14.2 Å². The summed E-state index contributed by atoms with van der Waals surface area (Å²) in [6.07, 6.45) is 0.517. The third-order valence-electron chi connectivity index (χ3n) is 3.93. The Morgan fingerprint density at radius 3 is 2.60 bits per heavy atom. The first kappa shape index (κ1) is 14.7. The number of ether oxygens (including phenoxy) is 2. The molecule has 2 N–H and O–H groups in total. The molecule has 1 fully saturated rings. The molecule has 2 unspecified atom stereocenters. The van der Waals surface area contributed by atoms with Crippen LogP contribution in [0.25, 0.3) is 0 Å². The van der Waals surface area contributed by atoms with Crippen molar-refractivity contribution in [2.45, 2.75) is 19.4 Å². The minimum absolute atomic E-state index is 0.153. The largest absolute Gasteiger partial charge is 0.493 e. The van der Waals surface area contributed by atoms with E-state index in [9.17, 15) is 4.79 Å². The molecule has 2 rings (SSSR count). The Hall–Kier alpha value is -1.75. The fourth-order valence-corrected chi connectivity index (χ4v) is 2.68. The number of nitrogens with two attached hydrogens (primary N) is 1. The molecular formula is C15H22N2O3. The lowest BCUT2D eigenvalue weighted by atomic mass is 9.93. The van der Waals surface area contributed by atoms with Gasteiger partial charge in [-0.25, -0.2) is 0 Å². The number of benzene rings is 1. The van der Waals surface area contributed by atoms with Crippen LogP contribution in [0.15, 0.2) is 18.2 Å². The van der Waals surface area contributed by atoms with Crippen molar-refractivity contribution in [3.8, 4) is 11.5 Å². The number of carbonyl (C=O) groups excluding carboxylic acids is 1. The van der Waals surface area contributed by atoms with Gasteiger partial charge in [-0.2, -0.15) is 0 Å². The Morgan fingerprint density at radius 2 is 2.05 bits per heavy atom. The highest BCUT2D eigenvalue weighted by Crippen LogP contribution is 2.34. The van der Waals surface area contributed by atoms with Gasteiger partial charge in [0.1, 0.15) is 0 Å². The van der Waals surface area contributed by atoms with Crippen LogP contribution in [-0.4, -0.2) is 38.1 Å². The van der Waals surface area contributed by atoms with E-state index in [0.29, 0.717) is 17.9 Å². The molecule has 1 aromatic carbocycles. The van der Waals surface area contributed by atoms with E-state index in [1.807, 2.05) is 30.0 Å². The summed E-state index contributed by atoms with van der Waals surface area (Å²) in [5, 5.41) is 0. The predicted molar refractivity (Wildman–Crippen MR) is 76.8 cm³/mol. The van der Waals surface area contributed by atoms with Crippen molar-refractivity contribution in [1.82, 2.24) is 4.90 Å². The molecule has 1 saturated heterocycles. The molecule has 2 atom stereocenters. The van der Waals surface area contributed by atoms with Crippen molar-refractivity contribution >= 4 is 5.91 Å². The highest BCUT2D eigenvalue weighted by atomic mass is 16.5. The van der Waals surface area contributed by atoms with Crippen LogP contribution in [0.3, 0.4) is 0 Å². The topological polar surface area (TPSA) is 64.8 Å². The highest BCUT2D eigenvalue weighted by Gasteiger charge is 2.33. The van der Waals surface area contributed by atoms with Crippen molar-refractivity contribution in [3.05, 3.63) is 23.8 Å². The lowest BCUT2D eigenvalue weighted by Crippen LogP contribution is -2.27. The van der Waals surface area contributed by atoms with Crippen LogP contribution in [0.2, 0.25) is 0 Å². The van der Waals surface area contributed by atoms with Gasteiger partial charge in [-0.1, -0.05) is 6.07 Å². The van der Waals surface area contributed by atoms with E-state index in [4.69, 9.17) is 15.2 Å². The molecule has 0 aromatic heterocycles. The number of methoxy groups -OCH3 is 2.